The summed E-state index contributed by atoms with van der Waals surface area (Å²) in [7, 11) is -3.77. The highest BCUT2D eigenvalue weighted by Crippen LogP contribution is 2.39. The summed E-state index contributed by atoms with van der Waals surface area (Å²) in [4.78, 5) is 2.47. The zero-order valence-corrected chi connectivity index (χ0v) is 17.5. The van der Waals surface area contributed by atoms with Crippen molar-refractivity contribution >= 4 is 20.9 Å². The molecule has 0 amide bonds. The van der Waals surface area contributed by atoms with Crippen molar-refractivity contribution in [1.29, 1.82) is 0 Å². The van der Waals surface area contributed by atoms with Crippen LogP contribution in [0.5, 0.6) is 0 Å². The molecule has 3 aromatic rings. The standard InChI is InChI=1S/C24H24N2O2S/c1-4-8-23-24-21(15-17-25(23)16-5-2)20-9-6-7-10-22(20)26(24)29(27,28)19-13-11-18(3)12-14-19/h5-7,9-14,23H,2,15-17H2,1,3H3. The van der Waals surface area contributed by atoms with Gasteiger partial charge in [0.05, 0.1) is 16.1 Å². The Kier molecular flexibility index (Phi) is 5.08. The molecule has 0 saturated heterocycles. The zero-order chi connectivity index (χ0) is 20.6. The molecule has 0 N–H and O–H groups in total. The van der Waals surface area contributed by atoms with E-state index in [1.807, 2.05) is 49.4 Å². The van der Waals surface area contributed by atoms with Gasteiger partial charge in [-0.3, -0.25) is 4.90 Å². The maximum absolute atomic E-state index is 13.8. The van der Waals surface area contributed by atoms with Gasteiger partial charge in [-0.05, 0) is 44.0 Å². The number of fused-ring (bicyclic) bond motifs is 3. The first-order valence-electron chi connectivity index (χ1n) is 9.70. The molecule has 2 aromatic carbocycles. The largest absolute Gasteiger partial charge is 0.281 e. The smallest absolute Gasteiger partial charge is 0.268 e. The van der Waals surface area contributed by atoms with Crippen LogP contribution in [0.3, 0.4) is 0 Å². The number of rotatable bonds is 4. The van der Waals surface area contributed by atoms with Gasteiger partial charge in [0.1, 0.15) is 6.04 Å². The van der Waals surface area contributed by atoms with Gasteiger partial charge in [0.15, 0.2) is 0 Å². The van der Waals surface area contributed by atoms with Gasteiger partial charge in [-0.25, -0.2) is 12.4 Å². The molecule has 1 aromatic heterocycles. The fourth-order valence-corrected chi connectivity index (χ4v) is 5.70. The van der Waals surface area contributed by atoms with Gasteiger partial charge >= 0.3 is 0 Å². The molecule has 1 aliphatic heterocycles. The first-order valence-corrected chi connectivity index (χ1v) is 11.1. The monoisotopic (exact) mass is 404 g/mol. The Bertz CT molecular complexity index is 1240. The highest BCUT2D eigenvalue weighted by Gasteiger charge is 2.35. The molecule has 1 aliphatic rings. The normalized spacial score (nSPS) is 16.8. The number of para-hydroxylation sites is 1. The van der Waals surface area contributed by atoms with Crippen molar-refractivity contribution < 1.29 is 8.42 Å². The van der Waals surface area contributed by atoms with Crippen molar-refractivity contribution in [3.8, 4) is 11.8 Å². The molecule has 1 atom stereocenters. The maximum Gasteiger partial charge on any atom is 0.268 e. The van der Waals surface area contributed by atoms with Crippen LogP contribution in [0.2, 0.25) is 0 Å². The minimum absolute atomic E-state index is 0.288. The molecule has 29 heavy (non-hydrogen) atoms. The molecule has 4 nitrogen and oxygen atoms in total. The molecule has 1 unspecified atom stereocenters. The van der Waals surface area contributed by atoms with Crippen molar-refractivity contribution in [2.45, 2.75) is 31.2 Å². The predicted octanol–water partition coefficient (Wildman–Crippen LogP) is 4.30. The number of hydrogen-bond acceptors (Lipinski definition) is 3. The Labute approximate surface area is 172 Å². The Morgan fingerprint density at radius 2 is 1.90 bits per heavy atom. The van der Waals surface area contributed by atoms with Gasteiger partial charge in [0.25, 0.3) is 10.0 Å². The molecule has 148 valence electrons. The van der Waals surface area contributed by atoms with Crippen LogP contribution in [-0.4, -0.2) is 30.4 Å². The lowest BCUT2D eigenvalue weighted by Crippen LogP contribution is -2.36. The summed E-state index contributed by atoms with van der Waals surface area (Å²) in [6.07, 6.45) is 2.62. The summed E-state index contributed by atoms with van der Waals surface area (Å²) in [5.74, 6) is 6.26. The second-order valence-electron chi connectivity index (χ2n) is 7.29. The molecule has 0 radical (unpaired) electrons. The second kappa shape index (κ2) is 7.55. The number of aryl methyl sites for hydroxylation is 1. The molecule has 4 rings (SSSR count). The van der Waals surface area contributed by atoms with Crippen LogP contribution in [-0.2, 0) is 16.4 Å². The Hall–Kier alpha value is -2.81. The first kappa shape index (κ1) is 19.5. The van der Waals surface area contributed by atoms with E-state index in [0.29, 0.717) is 12.1 Å². The average Bonchev–Trinajstić information content (AvgIpc) is 3.06. The number of benzene rings is 2. The predicted molar refractivity (Wildman–Crippen MR) is 117 cm³/mol. The summed E-state index contributed by atoms with van der Waals surface area (Å²) in [5, 5.41) is 0.986. The van der Waals surface area contributed by atoms with E-state index in [4.69, 9.17) is 0 Å². The van der Waals surface area contributed by atoms with Crippen molar-refractivity contribution in [3.05, 3.63) is 78.0 Å². The Morgan fingerprint density at radius 3 is 2.59 bits per heavy atom. The summed E-state index contributed by atoms with van der Waals surface area (Å²) in [6.45, 7) is 9.08. The van der Waals surface area contributed by atoms with Gasteiger partial charge in [-0.2, -0.15) is 0 Å². The number of nitrogens with zero attached hydrogens (tertiary/aromatic N) is 2. The van der Waals surface area contributed by atoms with E-state index in [0.717, 1.165) is 35.2 Å². The lowest BCUT2D eigenvalue weighted by molar-refractivity contribution is 0.246. The van der Waals surface area contributed by atoms with E-state index in [1.54, 1.807) is 19.1 Å². The average molecular weight is 405 g/mol. The van der Waals surface area contributed by atoms with Crippen LogP contribution in [0.1, 0.15) is 29.8 Å². The van der Waals surface area contributed by atoms with Crippen LogP contribution in [0, 0.1) is 18.8 Å². The van der Waals surface area contributed by atoms with E-state index < -0.39 is 10.0 Å². The third kappa shape index (κ3) is 3.19. The number of aromatic nitrogens is 1. The maximum atomic E-state index is 13.8. The van der Waals surface area contributed by atoms with Crippen LogP contribution >= 0.6 is 0 Å². The summed E-state index contributed by atoms with van der Waals surface area (Å²) < 4.78 is 29.1. The van der Waals surface area contributed by atoms with E-state index in [1.165, 1.54) is 3.97 Å². The molecule has 0 aliphatic carbocycles. The van der Waals surface area contributed by atoms with Crippen LogP contribution < -0.4 is 0 Å². The van der Waals surface area contributed by atoms with Crippen molar-refractivity contribution in [2.75, 3.05) is 13.1 Å². The molecular weight excluding hydrogens is 380 g/mol. The topological polar surface area (TPSA) is 42.3 Å². The molecule has 2 heterocycles. The van der Waals surface area contributed by atoms with E-state index in [-0.39, 0.29) is 10.9 Å². The van der Waals surface area contributed by atoms with Crippen molar-refractivity contribution in [3.63, 3.8) is 0 Å². The van der Waals surface area contributed by atoms with Gasteiger partial charge in [-0.1, -0.05) is 47.9 Å². The fourth-order valence-electron chi connectivity index (χ4n) is 4.13. The van der Waals surface area contributed by atoms with Gasteiger partial charge in [0.2, 0.25) is 0 Å². The molecule has 5 heteroatoms. The van der Waals surface area contributed by atoms with Crippen molar-refractivity contribution in [1.82, 2.24) is 8.87 Å². The zero-order valence-electron chi connectivity index (χ0n) is 16.7. The van der Waals surface area contributed by atoms with Crippen LogP contribution in [0.4, 0.5) is 0 Å². The summed E-state index contributed by atoms with van der Waals surface area (Å²) in [6, 6.07) is 14.5. The van der Waals surface area contributed by atoms with Gasteiger partial charge < -0.3 is 0 Å². The molecule has 0 fully saturated rings. The van der Waals surface area contributed by atoms with Gasteiger partial charge in [0, 0.05) is 18.5 Å². The Morgan fingerprint density at radius 1 is 1.17 bits per heavy atom. The van der Waals surface area contributed by atoms with E-state index in [9.17, 15) is 8.42 Å². The Balaban J connectivity index is 2.05. The highest BCUT2D eigenvalue weighted by atomic mass is 32.2. The molecule has 0 spiro atoms. The molecular formula is C24H24N2O2S. The lowest BCUT2D eigenvalue weighted by Gasteiger charge is -2.33. The molecule has 0 saturated carbocycles. The minimum Gasteiger partial charge on any atom is -0.281 e. The summed E-state index contributed by atoms with van der Waals surface area (Å²) >= 11 is 0. The third-order valence-corrected chi connectivity index (χ3v) is 7.19. The quantitative estimate of drug-likeness (QED) is 0.481. The molecule has 0 bridgehead atoms. The SMILES string of the molecule is C=CCN1CCc2c(n(S(=O)(=O)c3ccc(C)cc3)c3ccccc23)C1C#CC. The van der Waals surface area contributed by atoms with Gasteiger partial charge in [-0.15, -0.1) is 12.5 Å². The second-order valence-corrected chi connectivity index (χ2v) is 9.08. The van der Waals surface area contributed by atoms with Crippen molar-refractivity contribution in [2.24, 2.45) is 0 Å². The lowest BCUT2D eigenvalue weighted by atomic mass is 9.97. The van der Waals surface area contributed by atoms with Crippen LogP contribution in [0.25, 0.3) is 10.9 Å². The number of hydrogen-bond donors (Lipinski definition) is 0. The highest BCUT2D eigenvalue weighted by molar-refractivity contribution is 7.90. The fraction of sp³-hybridized carbons (Fsp3) is 0.250. The minimum atomic E-state index is -3.77. The van der Waals surface area contributed by atoms with E-state index in [2.05, 4.69) is 23.3 Å². The third-order valence-electron chi connectivity index (χ3n) is 5.45. The first-order chi connectivity index (χ1) is 14.0. The van der Waals surface area contributed by atoms with Crippen LogP contribution in [0.15, 0.2) is 66.1 Å². The van der Waals surface area contributed by atoms with E-state index >= 15 is 0 Å². The summed E-state index contributed by atoms with van der Waals surface area (Å²) in [5.41, 5.74) is 3.57.